The summed E-state index contributed by atoms with van der Waals surface area (Å²) in [6.45, 7) is 3.76. The number of hydrogen-bond acceptors (Lipinski definition) is 2. The molecular weight excluding hydrogens is 248 g/mol. The van der Waals surface area contributed by atoms with E-state index in [4.69, 9.17) is 17.3 Å². The highest BCUT2D eigenvalue weighted by Gasteiger charge is 2.18. The van der Waals surface area contributed by atoms with Crippen molar-refractivity contribution in [1.29, 1.82) is 0 Å². The zero-order valence-corrected chi connectivity index (χ0v) is 10.4. The minimum Gasteiger partial charge on any atom is -0.477 e. The van der Waals surface area contributed by atoms with E-state index < -0.39 is 5.97 Å². The number of carbonyl (C=O) groups is 1. The number of aromatic amines is 1. The van der Waals surface area contributed by atoms with E-state index in [1.165, 1.54) is 6.20 Å². The van der Waals surface area contributed by atoms with Crippen molar-refractivity contribution >= 4 is 18.2 Å². The average molecular weight is 260 g/mol. The van der Waals surface area contributed by atoms with Crippen molar-refractivity contribution in [2.75, 3.05) is 0 Å². The molecule has 0 saturated carbocycles. The molecular formula is C13H12N2O2S. The molecule has 2 rings (SSSR count). The number of hydrogen-bond donors (Lipinski definition) is 2. The first kappa shape index (κ1) is 12.3. The lowest BCUT2D eigenvalue weighted by Gasteiger charge is -2.16. The van der Waals surface area contributed by atoms with E-state index >= 15 is 0 Å². The molecule has 4 nitrogen and oxygen atoms in total. The number of carboxylic acids is 1. The second-order valence-corrected chi connectivity index (χ2v) is 4.13. The molecule has 0 fully saturated rings. The van der Waals surface area contributed by atoms with Gasteiger partial charge in [0.05, 0.1) is 6.04 Å². The van der Waals surface area contributed by atoms with Crippen LogP contribution in [0.2, 0.25) is 0 Å². The molecule has 0 aliphatic heterocycles. The Morgan fingerprint density at radius 1 is 1.44 bits per heavy atom. The Balaban J connectivity index is 2.59. The Morgan fingerprint density at radius 3 is 2.67 bits per heavy atom. The third-order valence-corrected chi connectivity index (χ3v) is 2.99. The fourth-order valence-corrected chi connectivity index (χ4v) is 2.13. The summed E-state index contributed by atoms with van der Waals surface area (Å²) in [5.74, 6) is -1.02. The number of nitrogens with zero attached hydrogens (tertiary/aromatic N) is 1. The van der Waals surface area contributed by atoms with Gasteiger partial charge in [-0.3, -0.25) is 0 Å². The molecule has 1 unspecified atom stereocenters. The van der Waals surface area contributed by atoms with Gasteiger partial charge in [-0.1, -0.05) is 36.4 Å². The normalized spacial score (nSPS) is 12.0. The number of benzene rings is 1. The van der Waals surface area contributed by atoms with Gasteiger partial charge in [0.2, 0.25) is 0 Å². The quantitative estimate of drug-likeness (QED) is 0.656. The van der Waals surface area contributed by atoms with Crippen LogP contribution in [-0.2, 0) is 0 Å². The highest BCUT2D eigenvalue weighted by atomic mass is 32.1. The maximum absolute atomic E-state index is 11.2. The van der Waals surface area contributed by atoms with Crippen LogP contribution in [0, 0.1) is 4.77 Å². The highest BCUT2D eigenvalue weighted by molar-refractivity contribution is 7.71. The molecule has 0 aliphatic carbocycles. The van der Waals surface area contributed by atoms with Gasteiger partial charge in [0.25, 0.3) is 0 Å². The van der Waals surface area contributed by atoms with Crippen LogP contribution in [0.3, 0.4) is 0 Å². The van der Waals surface area contributed by atoms with Gasteiger partial charge in [-0.15, -0.1) is 6.58 Å². The van der Waals surface area contributed by atoms with Gasteiger partial charge in [-0.25, -0.2) is 4.79 Å². The summed E-state index contributed by atoms with van der Waals surface area (Å²) in [4.78, 5) is 13.9. The first-order chi connectivity index (χ1) is 8.65. The Hall–Kier alpha value is -2.14. The molecule has 0 saturated heterocycles. The Morgan fingerprint density at radius 2 is 2.11 bits per heavy atom. The lowest BCUT2D eigenvalue weighted by molar-refractivity contribution is 0.0684. The molecule has 5 heteroatoms. The first-order valence-electron chi connectivity index (χ1n) is 5.36. The van der Waals surface area contributed by atoms with Crippen LogP contribution in [-0.4, -0.2) is 20.6 Å². The molecule has 2 aromatic rings. The van der Waals surface area contributed by atoms with Crippen LogP contribution < -0.4 is 0 Å². The summed E-state index contributed by atoms with van der Waals surface area (Å²) in [5.41, 5.74) is 1.06. The minimum atomic E-state index is -1.02. The summed E-state index contributed by atoms with van der Waals surface area (Å²) in [5, 5.41) is 9.15. The smallest absolute Gasteiger partial charge is 0.354 e. The Kier molecular flexibility index (Phi) is 3.43. The first-order valence-corrected chi connectivity index (χ1v) is 5.76. The molecule has 0 amide bonds. The third-order valence-electron chi connectivity index (χ3n) is 2.67. The second kappa shape index (κ2) is 5.01. The zero-order chi connectivity index (χ0) is 13.1. The van der Waals surface area contributed by atoms with Gasteiger partial charge >= 0.3 is 5.97 Å². The molecule has 92 valence electrons. The van der Waals surface area contributed by atoms with Gasteiger partial charge in [-0.2, -0.15) is 0 Å². The molecule has 1 heterocycles. The van der Waals surface area contributed by atoms with Gasteiger partial charge in [-0.05, 0) is 17.8 Å². The average Bonchev–Trinajstić information content (AvgIpc) is 2.74. The Bertz CT molecular complexity index is 628. The van der Waals surface area contributed by atoms with Crippen molar-refractivity contribution < 1.29 is 9.90 Å². The van der Waals surface area contributed by atoms with Crippen LogP contribution >= 0.6 is 12.2 Å². The van der Waals surface area contributed by atoms with E-state index in [0.717, 1.165) is 5.56 Å². The van der Waals surface area contributed by atoms with Crippen LogP contribution in [0.5, 0.6) is 0 Å². The van der Waals surface area contributed by atoms with Gasteiger partial charge in [0.15, 0.2) is 4.77 Å². The molecule has 0 bridgehead atoms. The monoisotopic (exact) mass is 260 g/mol. The van der Waals surface area contributed by atoms with Crippen molar-refractivity contribution in [3.05, 3.63) is 65.2 Å². The number of carboxylic acid groups (broad SMARTS) is 1. The largest absolute Gasteiger partial charge is 0.477 e. The number of H-pyrrole nitrogens is 1. The zero-order valence-electron chi connectivity index (χ0n) is 9.54. The summed E-state index contributed by atoms with van der Waals surface area (Å²) < 4.78 is 1.90. The van der Waals surface area contributed by atoms with E-state index in [1.807, 2.05) is 30.3 Å². The van der Waals surface area contributed by atoms with Crippen LogP contribution in [0.1, 0.15) is 22.1 Å². The summed E-state index contributed by atoms with van der Waals surface area (Å²) in [6, 6.07) is 9.21. The lowest BCUT2D eigenvalue weighted by atomic mass is 10.1. The van der Waals surface area contributed by atoms with Crippen molar-refractivity contribution in [3.63, 3.8) is 0 Å². The second-order valence-electron chi connectivity index (χ2n) is 3.75. The minimum absolute atomic E-state index is 0.119. The van der Waals surface area contributed by atoms with E-state index in [9.17, 15) is 4.79 Å². The summed E-state index contributed by atoms with van der Waals surface area (Å²) in [7, 11) is 0. The standard InChI is InChI=1S/C13H12N2O2S/c1-2-10(9-6-4-3-5-7-9)15-11(12(16)17)8-14-13(15)18/h2-8,10H,1H2,(H,14,18)(H,16,17). The number of rotatable bonds is 4. The molecule has 1 aromatic carbocycles. The fourth-order valence-electron chi connectivity index (χ4n) is 1.86. The van der Waals surface area contributed by atoms with Crippen molar-refractivity contribution in [1.82, 2.24) is 9.55 Å². The number of allylic oxidation sites excluding steroid dienone is 1. The van der Waals surface area contributed by atoms with E-state index in [-0.39, 0.29) is 11.7 Å². The SMILES string of the molecule is C=CC(c1ccccc1)n1c(C(=O)O)c[nH]c1=S. The van der Waals surface area contributed by atoms with E-state index in [1.54, 1.807) is 10.6 Å². The van der Waals surface area contributed by atoms with Gasteiger partial charge in [0, 0.05) is 6.20 Å². The van der Waals surface area contributed by atoms with E-state index in [2.05, 4.69) is 11.6 Å². The molecule has 1 atom stereocenters. The third kappa shape index (κ3) is 2.12. The number of nitrogens with one attached hydrogen (secondary N) is 1. The van der Waals surface area contributed by atoms with Crippen LogP contribution in [0.15, 0.2) is 49.2 Å². The summed E-state index contributed by atoms with van der Waals surface area (Å²) in [6.07, 6.45) is 3.06. The predicted octanol–water partition coefficient (Wildman–Crippen LogP) is 3.02. The van der Waals surface area contributed by atoms with Crippen LogP contribution in [0.25, 0.3) is 0 Å². The van der Waals surface area contributed by atoms with Gasteiger partial charge in [0.1, 0.15) is 5.69 Å². The van der Waals surface area contributed by atoms with Crippen molar-refractivity contribution in [3.8, 4) is 0 Å². The predicted molar refractivity (Wildman–Crippen MR) is 71.4 cm³/mol. The molecule has 0 spiro atoms. The van der Waals surface area contributed by atoms with E-state index in [0.29, 0.717) is 4.77 Å². The topological polar surface area (TPSA) is 58.0 Å². The number of aromatic nitrogens is 2. The molecule has 1 aromatic heterocycles. The van der Waals surface area contributed by atoms with Crippen LogP contribution in [0.4, 0.5) is 0 Å². The maximum Gasteiger partial charge on any atom is 0.354 e. The van der Waals surface area contributed by atoms with Gasteiger partial charge < -0.3 is 14.7 Å². The molecule has 0 radical (unpaired) electrons. The van der Waals surface area contributed by atoms with Crippen molar-refractivity contribution in [2.24, 2.45) is 0 Å². The maximum atomic E-state index is 11.2. The number of imidazole rings is 1. The highest BCUT2D eigenvalue weighted by Crippen LogP contribution is 2.21. The molecule has 0 aliphatic rings. The van der Waals surface area contributed by atoms with Crippen molar-refractivity contribution in [2.45, 2.75) is 6.04 Å². The number of aromatic carboxylic acids is 1. The lowest BCUT2D eigenvalue weighted by Crippen LogP contribution is -2.14. The molecule has 2 N–H and O–H groups in total. The summed E-state index contributed by atoms with van der Waals surface area (Å²) >= 11 is 5.13. The molecule has 18 heavy (non-hydrogen) atoms. The Labute approximate surface area is 109 Å². The fraction of sp³-hybridized carbons (Fsp3) is 0.0769.